The minimum atomic E-state index is -0.649. The van der Waals surface area contributed by atoms with Gasteiger partial charge in [0, 0.05) is 0 Å². The number of benzene rings is 1. The largest absolute Gasteiger partial charge is 0.497 e. The van der Waals surface area contributed by atoms with Crippen molar-refractivity contribution in [2.75, 3.05) is 7.11 Å². The zero-order valence-electron chi connectivity index (χ0n) is 13.3. The molecule has 1 aromatic carbocycles. The molecule has 2 amide bonds. The number of methoxy groups -OCH3 is 1. The maximum Gasteiger partial charge on any atom is 0.332 e. The molecule has 1 rings (SSSR count). The number of carbonyl (C=O) groups excluding carboxylic acids is 1. The smallest absolute Gasteiger partial charge is 0.332 e. The van der Waals surface area contributed by atoms with Crippen LogP contribution in [0.4, 0.5) is 4.79 Å². The maximum absolute atomic E-state index is 10.8. The highest BCUT2D eigenvalue weighted by Gasteiger charge is 1.98. The van der Waals surface area contributed by atoms with Gasteiger partial charge in [0.15, 0.2) is 0 Å². The number of nitrogens with two attached hydrogens (primary N) is 1. The summed E-state index contributed by atoms with van der Waals surface area (Å²) in [5.74, 6) is 0.820. The lowest BCUT2D eigenvalue weighted by Gasteiger charge is -2.03. The van der Waals surface area contributed by atoms with E-state index in [-0.39, 0.29) is 0 Å². The van der Waals surface area contributed by atoms with Crippen LogP contribution in [0, 0.1) is 0 Å². The third-order valence-corrected chi connectivity index (χ3v) is 3.18. The molecule has 0 aliphatic carbocycles. The Balaban J connectivity index is 2.66. The molecule has 0 saturated heterocycles. The highest BCUT2D eigenvalue weighted by atomic mass is 16.5. The molecule has 22 heavy (non-hydrogen) atoms. The Labute approximate surface area is 132 Å². The maximum atomic E-state index is 10.8. The molecule has 0 heterocycles. The van der Waals surface area contributed by atoms with Crippen molar-refractivity contribution in [1.82, 2.24) is 5.43 Å². The standard InChI is InChI=1S/C17H25N3O2/c1-3-4-5-6-7-15(19-20-17(18)21)11-8-14-9-12-16(22-2)13-10-14/h8-13H,3-7H2,1-2H3,(H3,18,20,21)/b11-8+,19-15+. The zero-order chi connectivity index (χ0) is 16.2. The first-order valence-electron chi connectivity index (χ1n) is 7.60. The fourth-order valence-corrected chi connectivity index (χ4v) is 1.94. The quantitative estimate of drug-likeness (QED) is 0.414. The minimum Gasteiger partial charge on any atom is -0.497 e. The summed E-state index contributed by atoms with van der Waals surface area (Å²) in [5.41, 5.74) is 9.21. The summed E-state index contributed by atoms with van der Waals surface area (Å²) in [4.78, 5) is 10.8. The molecule has 0 aromatic heterocycles. The van der Waals surface area contributed by atoms with Gasteiger partial charge in [0.1, 0.15) is 5.75 Å². The van der Waals surface area contributed by atoms with Gasteiger partial charge in [-0.15, -0.1) is 0 Å². The van der Waals surface area contributed by atoms with Crippen LogP contribution in [0.2, 0.25) is 0 Å². The number of allylic oxidation sites excluding steroid dienone is 1. The highest BCUT2D eigenvalue weighted by molar-refractivity contribution is 5.98. The summed E-state index contributed by atoms with van der Waals surface area (Å²) in [6, 6.07) is 7.08. The van der Waals surface area contributed by atoms with Crippen molar-refractivity contribution < 1.29 is 9.53 Å². The minimum absolute atomic E-state index is 0.649. The highest BCUT2D eigenvalue weighted by Crippen LogP contribution is 2.13. The summed E-state index contributed by atoms with van der Waals surface area (Å²) < 4.78 is 5.13. The first-order chi connectivity index (χ1) is 10.7. The topological polar surface area (TPSA) is 76.7 Å². The Kier molecular flexibility index (Phi) is 8.42. The van der Waals surface area contributed by atoms with Crippen LogP contribution in [0.25, 0.3) is 6.08 Å². The normalized spacial score (nSPS) is 11.6. The number of rotatable bonds is 9. The molecule has 0 radical (unpaired) electrons. The SMILES string of the molecule is CCCCCCC(/C=C/c1ccc(OC)cc1)=N\NC(N)=O. The van der Waals surface area contributed by atoms with E-state index < -0.39 is 6.03 Å². The van der Waals surface area contributed by atoms with E-state index in [1.54, 1.807) is 7.11 Å². The van der Waals surface area contributed by atoms with Crippen molar-refractivity contribution in [3.63, 3.8) is 0 Å². The molecule has 1 aromatic rings. The van der Waals surface area contributed by atoms with Crippen molar-refractivity contribution >= 4 is 17.8 Å². The Morgan fingerprint density at radius 1 is 1.27 bits per heavy atom. The van der Waals surface area contributed by atoms with Crippen molar-refractivity contribution in [3.8, 4) is 5.75 Å². The molecule has 0 aliphatic heterocycles. The molecular formula is C17H25N3O2. The number of nitrogens with zero attached hydrogens (tertiary/aromatic N) is 1. The predicted molar refractivity (Wildman–Crippen MR) is 90.9 cm³/mol. The van der Waals surface area contributed by atoms with Gasteiger partial charge in [-0.05, 0) is 36.6 Å². The van der Waals surface area contributed by atoms with Gasteiger partial charge < -0.3 is 10.5 Å². The Morgan fingerprint density at radius 2 is 2.00 bits per heavy atom. The lowest BCUT2D eigenvalue weighted by atomic mass is 10.1. The second-order valence-electron chi connectivity index (χ2n) is 5.00. The van der Waals surface area contributed by atoms with Crippen molar-refractivity contribution in [2.24, 2.45) is 10.8 Å². The van der Waals surface area contributed by atoms with Crippen molar-refractivity contribution in [2.45, 2.75) is 39.0 Å². The number of nitrogens with one attached hydrogen (secondary N) is 1. The number of hydrogen-bond donors (Lipinski definition) is 2. The van der Waals surface area contributed by atoms with Crippen LogP contribution in [0.5, 0.6) is 5.75 Å². The molecule has 0 atom stereocenters. The third-order valence-electron chi connectivity index (χ3n) is 3.18. The number of hydrogen-bond acceptors (Lipinski definition) is 3. The van der Waals surface area contributed by atoms with Crippen LogP contribution in [0.3, 0.4) is 0 Å². The molecule has 120 valence electrons. The Morgan fingerprint density at radius 3 is 2.59 bits per heavy atom. The van der Waals surface area contributed by atoms with Crippen LogP contribution in [0.1, 0.15) is 44.6 Å². The molecule has 0 aliphatic rings. The fraction of sp³-hybridized carbons (Fsp3) is 0.412. The summed E-state index contributed by atoms with van der Waals surface area (Å²) in [5, 5.41) is 4.05. The number of urea groups is 1. The van der Waals surface area contributed by atoms with Crippen LogP contribution < -0.4 is 15.9 Å². The van der Waals surface area contributed by atoms with E-state index in [4.69, 9.17) is 10.5 Å². The van der Waals surface area contributed by atoms with Crippen molar-refractivity contribution in [1.29, 1.82) is 0 Å². The van der Waals surface area contributed by atoms with E-state index in [1.165, 1.54) is 12.8 Å². The lowest BCUT2D eigenvalue weighted by molar-refractivity contribution is 0.249. The van der Waals surface area contributed by atoms with Crippen LogP contribution in [-0.2, 0) is 0 Å². The monoisotopic (exact) mass is 303 g/mol. The Bertz CT molecular complexity index is 507. The average Bonchev–Trinajstić information content (AvgIpc) is 2.53. The van der Waals surface area contributed by atoms with E-state index >= 15 is 0 Å². The van der Waals surface area contributed by atoms with E-state index in [0.29, 0.717) is 0 Å². The van der Waals surface area contributed by atoms with Gasteiger partial charge in [-0.3, -0.25) is 0 Å². The molecule has 3 N–H and O–H groups in total. The number of carbonyl (C=O) groups is 1. The number of ether oxygens (including phenoxy) is 1. The Hall–Kier alpha value is -2.30. The molecule has 5 heteroatoms. The van der Waals surface area contributed by atoms with E-state index in [1.807, 2.05) is 36.4 Å². The fourth-order valence-electron chi connectivity index (χ4n) is 1.94. The summed E-state index contributed by atoms with van der Waals surface area (Å²) >= 11 is 0. The number of unbranched alkanes of at least 4 members (excludes halogenated alkanes) is 3. The van der Waals surface area contributed by atoms with E-state index in [0.717, 1.165) is 36.3 Å². The molecule has 0 spiro atoms. The molecule has 5 nitrogen and oxygen atoms in total. The molecule has 0 fully saturated rings. The molecule has 0 bridgehead atoms. The average molecular weight is 303 g/mol. The molecule has 0 unspecified atom stereocenters. The van der Waals surface area contributed by atoms with Crippen molar-refractivity contribution in [3.05, 3.63) is 35.9 Å². The number of hydrazone groups is 1. The summed E-state index contributed by atoms with van der Waals surface area (Å²) in [7, 11) is 1.64. The van der Waals surface area contributed by atoms with E-state index in [2.05, 4.69) is 17.5 Å². The lowest BCUT2D eigenvalue weighted by Crippen LogP contribution is -2.25. The predicted octanol–water partition coefficient (Wildman–Crippen LogP) is 3.70. The second-order valence-corrected chi connectivity index (χ2v) is 5.00. The van der Waals surface area contributed by atoms with E-state index in [9.17, 15) is 4.79 Å². The first-order valence-corrected chi connectivity index (χ1v) is 7.60. The van der Waals surface area contributed by atoms with Crippen LogP contribution in [-0.4, -0.2) is 18.9 Å². The number of amides is 2. The zero-order valence-corrected chi connectivity index (χ0v) is 13.3. The van der Waals surface area contributed by atoms with Gasteiger partial charge in [0.25, 0.3) is 0 Å². The van der Waals surface area contributed by atoms with Gasteiger partial charge in [-0.1, -0.05) is 44.4 Å². The first kappa shape index (κ1) is 17.8. The van der Waals surface area contributed by atoms with Gasteiger partial charge in [0.2, 0.25) is 0 Å². The summed E-state index contributed by atoms with van der Waals surface area (Å²) in [6.07, 6.45) is 9.27. The van der Waals surface area contributed by atoms with Crippen LogP contribution in [0.15, 0.2) is 35.4 Å². The van der Waals surface area contributed by atoms with Gasteiger partial charge in [-0.25, -0.2) is 10.2 Å². The summed E-state index contributed by atoms with van der Waals surface area (Å²) in [6.45, 7) is 2.17. The van der Waals surface area contributed by atoms with Crippen LogP contribution >= 0.6 is 0 Å². The molecule has 0 saturated carbocycles. The van der Waals surface area contributed by atoms with Gasteiger partial charge in [0.05, 0.1) is 12.8 Å². The number of primary amides is 1. The second kappa shape index (κ2) is 10.4. The van der Waals surface area contributed by atoms with Gasteiger partial charge in [-0.2, -0.15) is 5.10 Å². The molecular weight excluding hydrogens is 278 g/mol. The van der Waals surface area contributed by atoms with Gasteiger partial charge >= 0.3 is 6.03 Å². The third kappa shape index (κ3) is 7.47.